The minimum absolute atomic E-state index is 0.0351. The normalized spacial score (nSPS) is 13.1. The van der Waals surface area contributed by atoms with E-state index < -0.39 is 29.1 Å². The lowest BCUT2D eigenvalue weighted by Gasteiger charge is -2.18. The van der Waals surface area contributed by atoms with Crippen molar-refractivity contribution in [1.82, 2.24) is 15.0 Å². The van der Waals surface area contributed by atoms with Crippen LogP contribution in [0.3, 0.4) is 0 Å². The fourth-order valence-corrected chi connectivity index (χ4v) is 4.32. The van der Waals surface area contributed by atoms with Crippen LogP contribution in [0.15, 0.2) is 29.6 Å². The number of hydrogen-bond acceptors (Lipinski definition) is 5. The van der Waals surface area contributed by atoms with E-state index >= 15 is 0 Å². The molecule has 0 saturated carbocycles. The first-order chi connectivity index (χ1) is 14.0. The van der Waals surface area contributed by atoms with Gasteiger partial charge >= 0.3 is 12.5 Å². The number of aromatic amines is 1. The van der Waals surface area contributed by atoms with Gasteiger partial charge in [0.2, 0.25) is 0 Å². The number of imidazole rings is 1. The highest BCUT2D eigenvalue weighted by Gasteiger charge is 2.44. The van der Waals surface area contributed by atoms with Crippen LogP contribution in [-0.2, 0) is 16.6 Å². The Morgan fingerprint density at radius 1 is 1.33 bits per heavy atom. The maximum Gasteiger partial charge on any atom is 0.461 e. The number of rotatable bonds is 7. The number of anilines is 1. The Kier molecular flexibility index (Phi) is 6.23. The number of nitrogens with one attached hydrogen (secondary N) is 1. The van der Waals surface area contributed by atoms with Crippen LogP contribution in [0.4, 0.5) is 23.2 Å². The van der Waals surface area contributed by atoms with Crippen LogP contribution in [0.2, 0.25) is 5.02 Å². The van der Waals surface area contributed by atoms with Gasteiger partial charge in [0.1, 0.15) is 5.75 Å². The van der Waals surface area contributed by atoms with E-state index in [-0.39, 0.29) is 16.4 Å². The lowest BCUT2D eigenvalue weighted by molar-refractivity contribution is -0.253. The minimum Gasteiger partial charge on any atom is -0.428 e. The molecule has 1 N–H and O–H groups in total. The predicted octanol–water partition coefficient (Wildman–Crippen LogP) is 4.53. The van der Waals surface area contributed by atoms with E-state index in [0.717, 1.165) is 23.4 Å². The topological polar surface area (TPSA) is 71.1 Å². The molecule has 6 nitrogen and oxygen atoms in total. The van der Waals surface area contributed by atoms with Crippen molar-refractivity contribution in [2.24, 2.45) is 0 Å². The second kappa shape index (κ2) is 8.38. The summed E-state index contributed by atoms with van der Waals surface area (Å²) in [6.45, 7) is 1.85. The largest absolute Gasteiger partial charge is 0.461 e. The Labute approximate surface area is 176 Å². The fourth-order valence-electron chi connectivity index (χ4n) is 2.78. The van der Waals surface area contributed by atoms with Crippen LogP contribution in [-0.4, -0.2) is 45.8 Å². The van der Waals surface area contributed by atoms with Crippen molar-refractivity contribution in [1.29, 1.82) is 0 Å². The summed E-state index contributed by atoms with van der Waals surface area (Å²) in [4.78, 5) is 13.0. The van der Waals surface area contributed by atoms with Crippen LogP contribution in [0.25, 0.3) is 11.0 Å². The Hall–Kier alpha value is -2.40. The minimum atomic E-state index is -4.63. The zero-order chi connectivity index (χ0) is 22.2. The van der Waals surface area contributed by atoms with Crippen LogP contribution >= 0.6 is 11.6 Å². The molecule has 0 amide bonds. The maximum absolute atomic E-state index is 13.1. The van der Waals surface area contributed by atoms with Gasteiger partial charge in [0.15, 0.2) is 5.16 Å². The van der Waals surface area contributed by atoms with Gasteiger partial charge in [0.25, 0.3) is 0 Å². The van der Waals surface area contributed by atoms with Gasteiger partial charge < -0.3 is 14.6 Å². The van der Waals surface area contributed by atoms with Gasteiger partial charge in [0.05, 0.1) is 44.0 Å². The quantitative estimate of drug-likeness (QED) is 0.520. The lowest BCUT2D eigenvalue weighted by atomic mass is 10.2. The van der Waals surface area contributed by atoms with E-state index in [0.29, 0.717) is 16.2 Å². The van der Waals surface area contributed by atoms with E-state index in [4.69, 9.17) is 11.6 Å². The smallest absolute Gasteiger partial charge is 0.428 e. The zero-order valence-electron chi connectivity index (χ0n) is 16.1. The maximum atomic E-state index is 13.1. The molecule has 0 fully saturated rings. The summed E-state index contributed by atoms with van der Waals surface area (Å²) >= 11 is 6.41. The summed E-state index contributed by atoms with van der Waals surface area (Å²) in [5.41, 5.74) is 2.53. The molecule has 0 aliphatic carbocycles. The van der Waals surface area contributed by atoms with Crippen molar-refractivity contribution in [3.8, 4) is 5.75 Å². The highest BCUT2D eigenvalue weighted by atomic mass is 35.5. The molecule has 0 bridgehead atoms. The summed E-state index contributed by atoms with van der Waals surface area (Å²) in [7, 11) is 1.97. The number of aryl methyl sites for hydroxylation is 1. The third kappa shape index (κ3) is 4.51. The molecule has 0 spiro atoms. The SMILES string of the molecule is Cc1cnc(CS(=O)c2nc3ccc(OC(F)(F)C(F)F)cc3[nH]2)c(Cl)c1N(C)C. The first kappa shape index (κ1) is 22.3. The number of pyridine rings is 1. The van der Waals surface area contributed by atoms with E-state index in [9.17, 15) is 21.8 Å². The number of fused-ring (bicyclic) bond motifs is 1. The number of H-pyrrole nitrogens is 1. The molecule has 0 radical (unpaired) electrons. The molecular weight excluding hydrogens is 448 g/mol. The molecule has 12 heteroatoms. The van der Waals surface area contributed by atoms with Gasteiger partial charge in [-0.05, 0) is 24.6 Å². The van der Waals surface area contributed by atoms with Gasteiger partial charge in [0, 0.05) is 26.4 Å². The van der Waals surface area contributed by atoms with Gasteiger partial charge in [-0.1, -0.05) is 11.6 Å². The van der Waals surface area contributed by atoms with E-state index in [1.54, 1.807) is 6.20 Å². The molecule has 2 aromatic heterocycles. The second-order valence-corrected chi connectivity index (χ2v) is 8.36. The summed E-state index contributed by atoms with van der Waals surface area (Å²) in [6, 6.07) is 3.46. The Morgan fingerprint density at radius 2 is 2.03 bits per heavy atom. The number of ether oxygens (including phenoxy) is 1. The number of benzene rings is 1. The molecule has 1 aromatic carbocycles. The second-order valence-electron chi connectivity index (χ2n) is 6.62. The van der Waals surface area contributed by atoms with Crippen LogP contribution in [0.5, 0.6) is 5.75 Å². The van der Waals surface area contributed by atoms with Gasteiger partial charge in [-0.25, -0.2) is 4.98 Å². The highest BCUT2D eigenvalue weighted by molar-refractivity contribution is 7.84. The van der Waals surface area contributed by atoms with E-state index in [1.165, 1.54) is 6.07 Å². The molecule has 1 unspecified atom stereocenters. The van der Waals surface area contributed by atoms with Gasteiger partial charge in [-0.15, -0.1) is 0 Å². The third-order valence-electron chi connectivity index (χ3n) is 4.12. The lowest BCUT2D eigenvalue weighted by Crippen LogP contribution is -2.33. The summed E-state index contributed by atoms with van der Waals surface area (Å²) in [6.07, 6.45) is -6.98. The molecule has 30 heavy (non-hydrogen) atoms. The third-order valence-corrected chi connectivity index (χ3v) is 5.68. The molecule has 1 atom stereocenters. The van der Waals surface area contributed by atoms with E-state index in [2.05, 4.69) is 19.7 Å². The first-order valence-corrected chi connectivity index (χ1v) is 10.2. The van der Waals surface area contributed by atoms with Crippen molar-refractivity contribution in [2.45, 2.75) is 30.4 Å². The predicted molar refractivity (Wildman–Crippen MR) is 106 cm³/mol. The summed E-state index contributed by atoms with van der Waals surface area (Å²) in [5, 5.41) is 0.432. The Bertz CT molecular complexity index is 1110. The standard InChI is InChI=1S/C18H17ClF4N4O2S/c1-9-7-24-13(14(19)15(9)27(2)3)8-30(28)17-25-11-5-4-10(6-12(11)26-17)29-18(22,23)16(20)21/h4-7,16H,8H2,1-3H3,(H,25,26). The first-order valence-electron chi connectivity index (χ1n) is 8.54. The molecular formula is C18H17ClF4N4O2S. The molecule has 2 heterocycles. The highest BCUT2D eigenvalue weighted by Crippen LogP contribution is 2.32. The molecule has 3 aromatic rings. The van der Waals surface area contributed by atoms with Gasteiger partial charge in [-0.2, -0.15) is 17.6 Å². The molecule has 3 rings (SSSR count). The number of halogens is 5. The Morgan fingerprint density at radius 3 is 2.67 bits per heavy atom. The summed E-state index contributed by atoms with van der Waals surface area (Å²) < 4.78 is 67.6. The van der Waals surface area contributed by atoms with Crippen LogP contribution in [0.1, 0.15) is 11.3 Å². The molecule has 0 aliphatic heterocycles. The van der Waals surface area contributed by atoms with Gasteiger partial charge in [-0.3, -0.25) is 9.19 Å². The monoisotopic (exact) mass is 464 g/mol. The Balaban J connectivity index is 1.85. The number of aromatic nitrogens is 3. The molecule has 162 valence electrons. The number of alkyl halides is 4. The number of hydrogen-bond donors (Lipinski definition) is 1. The summed E-state index contributed by atoms with van der Waals surface area (Å²) in [5.74, 6) is -0.514. The number of nitrogens with zero attached hydrogens (tertiary/aromatic N) is 3. The van der Waals surface area contributed by atoms with Crippen molar-refractivity contribution in [2.75, 3.05) is 19.0 Å². The molecule has 0 saturated heterocycles. The van der Waals surface area contributed by atoms with Crippen molar-refractivity contribution in [3.63, 3.8) is 0 Å². The fraction of sp³-hybridized carbons (Fsp3) is 0.333. The van der Waals surface area contributed by atoms with Crippen LogP contribution < -0.4 is 9.64 Å². The van der Waals surface area contributed by atoms with Crippen molar-refractivity contribution >= 4 is 39.1 Å². The zero-order valence-corrected chi connectivity index (χ0v) is 17.6. The average molecular weight is 465 g/mol. The average Bonchev–Trinajstić information content (AvgIpc) is 3.07. The van der Waals surface area contributed by atoms with E-state index in [1.807, 2.05) is 25.9 Å². The van der Waals surface area contributed by atoms with Crippen molar-refractivity contribution < 1.29 is 26.5 Å². The van der Waals surface area contributed by atoms with Crippen LogP contribution in [0, 0.1) is 6.92 Å². The van der Waals surface area contributed by atoms with Crippen molar-refractivity contribution in [3.05, 3.63) is 40.7 Å². The molecule has 0 aliphatic rings.